The van der Waals surface area contributed by atoms with Crippen LogP contribution >= 0.6 is 0 Å². The second-order valence-electron chi connectivity index (χ2n) is 8.46. The van der Waals surface area contributed by atoms with Gasteiger partial charge in [0.25, 0.3) is 0 Å². The average molecular weight is 407 g/mol. The van der Waals surface area contributed by atoms with Crippen molar-refractivity contribution in [1.29, 1.82) is 0 Å². The van der Waals surface area contributed by atoms with Gasteiger partial charge in [0, 0.05) is 0 Å². The van der Waals surface area contributed by atoms with Crippen LogP contribution in [0, 0.1) is 0 Å². The van der Waals surface area contributed by atoms with Crippen molar-refractivity contribution < 1.29 is 19.1 Å². The fourth-order valence-electron chi connectivity index (χ4n) is 4.84. The molecule has 1 rings (SSSR count). The molecule has 5 heteroatoms. The van der Waals surface area contributed by atoms with Crippen molar-refractivity contribution in [3.63, 3.8) is 0 Å². The minimum atomic E-state index is -1.95. The van der Waals surface area contributed by atoms with Gasteiger partial charge in [0.15, 0.2) is 0 Å². The van der Waals surface area contributed by atoms with Gasteiger partial charge in [-0.15, -0.1) is 0 Å². The maximum Gasteiger partial charge on any atom is 0.339 e. The highest BCUT2D eigenvalue weighted by Crippen LogP contribution is 2.47. The van der Waals surface area contributed by atoms with Gasteiger partial charge >= 0.3 is 11.9 Å². The quantitative estimate of drug-likeness (QED) is 0.372. The minimum Gasteiger partial charge on any atom is -0.462 e. The number of rotatable bonds is 8. The van der Waals surface area contributed by atoms with Gasteiger partial charge in [-0.1, -0.05) is 47.2 Å². The molecule has 28 heavy (non-hydrogen) atoms. The summed E-state index contributed by atoms with van der Waals surface area (Å²) in [6, 6.07) is 0. The molecule has 0 aromatic heterocycles. The number of esters is 2. The van der Waals surface area contributed by atoms with Gasteiger partial charge in [-0.25, -0.2) is 9.59 Å². The first-order valence-electron chi connectivity index (χ1n) is 10.5. The van der Waals surface area contributed by atoms with Crippen LogP contribution in [0.25, 0.3) is 0 Å². The fourth-order valence-corrected chi connectivity index (χ4v) is 10.7. The van der Waals surface area contributed by atoms with Crippen LogP contribution in [0.15, 0.2) is 33.6 Å². The van der Waals surface area contributed by atoms with E-state index in [9.17, 15) is 9.59 Å². The Morgan fingerprint density at radius 2 is 1.18 bits per heavy atom. The minimum absolute atomic E-state index is 0.303. The third-order valence-electron chi connectivity index (χ3n) is 6.15. The highest BCUT2D eigenvalue weighted by atomic mass is 28.3. The maximum absolute atomic E-state index is 12.8. The number of allylic oxidation sites excluding steroid dienone is 1. The monoisotopic (exact) mass is 406 g/mol. The Balaban J connectivity index is 3.81. The summed E-state index contributed by atoms with van der Waals surface area (Å²) in [6.45, 7) is 21.6. The predicted octanol–water partition coefficient (Wildman–Crippen LogP) is 5.90. The molecule has 158 valence electrons. The smallest absolute Gasteiger partial charge is 0.339 e. The second-order valence-corrected chi connectivity index (χ2v) is 14.2. The molecule has 0 amide bonds. The van der Waals surface area contributed by atoms with Crippen molar-refractivity contribution >= 4 is 20.0 Å². The van der Waals surface area contributed by atoms with E-state index >= 15 is 0 Å². The van der Waals surface area contributed by atoms with Crippen molar-refractivity contribution in [2.75, 3.05) is 13.2 Å². The van der Waals surface area contributed by atoms with E-state index in [4.69, 9.17) is 9.47 Å². The summed E-state index contributed by atoms with van der Waals surface area (Å²) in [5, 5.41) is 0. The van der Waals surface area contributed by atoms with Crippen molar-refractivity contribution in [2.45, 2.75) is 85.9 Å². The first kappa shape index (κ1) is 24.4. The topological polar surface area (TPSA) is 52.6 Å². The predicted molar refractivity (Wildman–Crippen MR) is 118 cm³/mol. The normalized spacial score (nSPS) is 16.8. The Morgan fingerprint density at radius 3 is 1.54 bits per heavy atom. The number of carbonyl (C=O) groups excluding carboxylic acids is 2. The lowest BCUT2D eigenvalue weighted by Crippen LogP contribution is -2.43. The van der Waals surface area contributed by atoms with Gasteiger partial charge in [-0.2, -0.15) is 0 Å². The number of hydrogen-bond acceptors (Lipinski definition) is 4. The van der Waals surface area contributed by atoms with Crippen molar-refractivity contribution in [2.24, 2.45) is 0 Å². The van der Waals surface area contributed by atoms with Gasteiger partial charge < -0.3 is 9.47 Å². The molecule has 0 radical (unpaired) electrons. The largest absolute Gasteiger partial charge is 0.462 e. The van der Waals surface area contributed by atoms with E-state index in [0.717, 1.165) is 11.1 Å². The second kappa shape index (κ2) is 9.73. The SMILES string of the molecule is CCOC(=O)C1=C(C)/C(=C/[Si](C(C)C)(C(C)C)C(C)C)C(C(=O)OCC)=C1C. The molecule has 4 nitrogen and oxygen atoms in total. The van der Waals surface area contributed by atoms with Crippen LogP contribution < -0.4 is 0 Å². The van der Waals surface area contributed by atoms with Crippen molar-refractivity contribution in [1.82, 2.24) is 0 Å². The summed E-state index contributed by atoms with van der Waals surface area (Å²) in [5.41, 5.74) is 7.29. The number of carbonyl (C=O) groups is 2. The Kier molecular flexibility index (Phi) is 8.48. The van der Waals surface area contributed by atoms with Gasteiger partial charge in [0.2, 0.25) is 0 Å². The Morgan fingerprint density at radius 1 is 0.786 bits per heavy atom. The first-order chi connectivity index (χ1) is 13.0. The summed E-state index contributed by atoms with van der Waals surface area (Å²) in [6.07, 6.45) is 0. The van der Waals surface area contributed by atoms with E-state index in [1.165, 1.54) is 0 Å². The molecule has 0 aromatic carbocycles. The summed E-state index contributed by atoms with van der Waals surface area (Å²) in [7, 11) is -1.95. The molecule has 1 aliphatic rings. The Bertz CT molecular complexity index is 686. The molecule has 1 aliphatic carbocycles. The van der Waals surface area contributed by atoms with E-state index in [1.54, 1.807) is 13.8 Å². The molecule has 0 heterocycles. The first-order valence-corrected chi connectivity index (χ1v) is 12.8. The Hall–Kier alpha value is -1.62. The van der Waals surface area contributed by atoms with Crippen LogP contribution in [0.1, 0.15) is 69.2 Å². The zero-order valence-corrected chi connectivity index (χ0v) is 20.4. The molecule has 0 atom stereocenters. The molecule has 0 bridgehead atoms. The van der Waals surface area contributed by atoms with Crippen LogP contribution in [0.4, 0.5) is 0 Å². The summed E-state index contributed by atoms with van der Waals surface area (Å²) >= 11 is 0. The van der Waals surface area contributed by atoms with E-state index in [1.807, 2.05) is 13.8 Å². The molecular formula is C23H38O4Si. The highest BCUT2D eigenvalue weighted by molar-refractivity contribution is 6.88. The van der Waals surface area contributed by atoms with Gasteiger partial charge in [-0.05, 0) is 61.0 Å². The fraction of sp³-hybridized carbons (Fsp3) is 0.652. The van der Waals surface area contributed by atoms with Gasteiger partial charge in [-0.3, -0.25) is 0 Å². The van der Waals surface area contributed by atoms with Crippen LogP contribution in [0.3, 0.4) is 0 Å². The van der Waals surface area contributed by atoms with Crippen LogP contribution in [0.2, 0.25) is 16.6 Å². The van der Waals surface area contributed by atoms with Crippen LogP contribution in [-0.4, -0.2) is 33.2 Å². The third kappa shape index (κ3) is 4.34. The number of hydrogen-bond donors (Lipinski definition) is 0. The molecule has 0 saturated carbocycles. The third-order valence-corrected chi connectivity index (χ3v) is 12.9. The van der Waals surface area contributed by atoms with Crippen molar-refractivity contribution in [3.05, 3.63) is 33.6 Å². The molecule has 0 fully saturated rings. The Labute approximate surface area is 172 Å². The van der Waals surface area contributed by atoms with Gasteiger partial charge in [0.1, 0.15) is 0 Å². The zero-order chi connectivity index (χ0) is 21.8. The molecule has 0 aromatic rings. The van der Waals surface area contributed by atoms with E-state index in [-0.39, 0.29) is 11.9 Å². The summed E-state index contributed by atoms with van der Waals surface area (Å²) in [4.78, 5) is 25.5. The van der Waals surface area contributed by atoms with Crippen LogP contribution in [-0.2, 0) is 19.1 Å². The maximum atomic E-state index is 12.8. The van der Waals surface area contributed by atoms with Crippen LogP contribution in [0.5, 0.6) is 0 Å². The van der Waals surface area contributed by atoms with Crippen molar-refractivity contribution in [3.8, 4) is 0 Å². The summed E-state index contributed by atoms with van der Waals surface area (Å²) in [5.74, 6) is -0.724. The standard InChI is InChI=1S/C23H38O4Si/c1-11-26-22(24)20-17(9)19(21(18(20)10)23(25)27-12-2)13-28(14(3)4,15(5)6)16(7)8/h13-16H,11-12H2,1-10H3/b19-13-. The molecule has 0 spiro atoms. The molecule has 0 saturated heterocycles. The lowest BCUT2D eigenvalue weighted by molar-refractivity contribution is -0.138. The molecule has 0 N–H and O–H groups in total. The van der Waals surface area contributed by atoms with E-state index in [2.05, 4.69) is 47.2 Å². The lowest BCUT2D eigenvalue weighted by Gasteiger charge is -2.41. The molecule has 0 unspecified atom stereocenters. The van der Waals surface area contributed by atoms with E-state index in [0.29, 0.717) is 46.6 Å². The molecule has 0 aliphatic heterocycles. The summed E-state index contributed by atoms with van der Waals surface area (Å²) < 4.78 is 10.6. The lowest BCUT2D eigenvalue weighted by atomic mass is 10.1. The van der Waals surface area contributed by atoms with E-state index < -0.39 is 8.07 Å². The zero-order valence-electron chi connectivity index (χ0n) is 19.4. The van der Waals surface area contributed by atoms with Gasteiger partial charge in [0.05, 0.1) is 32.4 Å². The highest BCUT2D eigenvalue weighted by Gasteiger charge is 2.43. The molecular weight excluding hydrogens is 368 g/mol. The number of ether oxygens (including phenoxy) is 2. The average Bonchev–Trinajstić information content (AvgIpc) is 2.81.